The minimum absolute atomic E-state index is 0.228. The zero-order valence-corrected chi connectivity index (χ0v) is 15.4. The summed E-state index contributed by atoms with van der Waals surface area (Å²) in [7, 11) is 1.68. The molecule has 1 saturated carbocycles. The largest absolute Gasteiger partial charge is 0.368 e. The molecule has 1 aromatic carbocycles. The molecule has 1 aromatic heterocycles. The predicted molar refractivity (Wildman–Crippen MR) is 95.3 cm³/mol. The highest BCUT2D eigenvalue weighted by Gasteiger charge is 2.46. The van der Waals surface area contributed by atoms with Crippen molar-refractivity contribution in [1.29, 1.82) is 0 Å². The third-order valence-corrected chi connectivity index (χ3v) is 5.76. The standard InChI is InChI=1S/C20H25N3O3/c1-14-12-16(14)18(24)23-10-8-20(25-2,9-11-23)19-21-17(22-26-19)13-15-6-4-3-5-7-15/h3-7,14,16H,8-13H2,1-2H3/t14-,16+/m1/s1. The van der Waals surface area contributed by atoms with Crippen LogP contribution in [-0.2, 0) is 21.6 Å². The van der Waals surface area contributed by atoms with Crippen molar-refractivity contribution >= 4 is 5.91 Å². The van der Waals surface area contributed by atoms with Crippen molar-refractivity contribution in [3.05, 3.63) is 47.6 Å². The van der Waals surface area contributed by atoms with E-state index in [0.29, 0.717) is 50.0 Å². The second-order valence-corrected chi connectivity index (χ2v) is 7.52. The van der Waals surface area contributed by atoms with Crippen LogP contribution in [0.5, 0.6) is 0 Å². The number of carbonyl (C=O) groups is 1. The molecule has 4 rings (SSSR count). The van der Waals surface area contributed by atoms with Gasteiger partial charge in [-0.2, -0.15) is 4.98 Å². The van der Waals surface area contributed by atoms with Crippen LogP contribution in [0.25, 0.3) is 0 Å². The molecule has 0 unspecified atom stereocenters. The summed E-state index contributed by atoms with van der Waals surface area (Å²) in [6.07, 6.45) is 3.03. The molecule has 1 amide bonds. The van der Waals surface area contributed by atoms with Gasteiger partial charge in [0.1, 0.15) is 5.60 Å². The zero-order valence-electron chi connectivity index (χ0n) is 15.4. The van der Waals surface area contributed by atoms with E-state index < -0.39 is 5.60 Å². The van der Waals surface area contributed by atoms with Crippen molar-refractivity contribution in [3.8, 4) is 0 Å². The zero-order chi connectivity index (χ0) is 18.1. The molecule has 6 heteroatoms. The highest BCUT2D eigenvalue weighted by Crippen LogP contribution is 2.41. The van der Waals surface area contributed by atoms with Gasteiger partial charge in [0.25, 0.3) is 5.89 Å². The van der Waals surface area contributed by atoms with Crippen LogP contribution in [0.2, 0.25) is 0 Å². The van der Waals surface area contributed by atoms with Crippen molar-refractivity contribution in [2.45, 2.75) is 38.2 Å². The summed E-state index contributed by atoms with van der Waals surface area (Å²) in [5, 5.41) is 4.14. The van der Waals surface area contributed by atoms with Gasteiger partial charge in [-0.3, -0.25) is 4.79 Å². The molecule has 2 aliphatic rings. The predicted octanol–water partition coefficient (Wildman–Crippen LogP) is 2.78. The normalized spacial score (nSPS) is 24.5. The Kier molecular flexibility index (Phi) is 4.53. The SMILES string of the molecule is COC1(c2nc(Cc3ccccc3)no2)CCN(C(=O)[C@H]2C[C@H]2C)CC1. The second kappa shape index (κ2) is 6.83. The Morgan fingerprint density at radius 3 is 2.62 bits per heavy atom. The topological polar surface area (TPSA) is 68.5 Å². The molecule has 138 valence electrons. The fourth-order valence-electron chi connectivity index (χ4n) is 3.78. The van der Waals surface area contributed by atoms with Gasteiger partial charge in [0.05, 0.1) is 0 Å². The summed E-state index contributed by atoms with van der Waals surface area (Å²) in [5.74, 6) is 2.24. The van der Waals surface area contributed by atoms with Gasteiger partial charge in [0, 0.05) is 45.4 Å². The number of hydrogen-bond acceptors (Lipinski definition) is 5. The molecule has 0 spiro atoms. The van der Waals surface area contributed by atoms with Crippen LogP contribution < -0.4 is 0 Å². The van der Waals surface area contributed by atoms with E-state index in [2.05, 4.69) is 17.1 Å². The van der Waals surface area contributed by atoms with Gasteiger partial charge in [0.2, 0.25) is 5.91 Å². The van der Waals surface area contributed by atoms with Gasteiger partial charge < -0.3 is 14.2 Å². The lowest BCUT2D eigenvalue weighted by Crippen LogP contribution is -2.47. The highest BCUT2D eigenvalue weighted by atomic mass is 16.5. The average molecular weight is 355 g/mol. The number of nitrogens with zero attached hydrogens (tertiary/aromatic N) is 3. The minimum atomic E-state index is -0.589. The first-order valence-electron chi connectivity index (χ1n) is 9.32. The van der Waals surface area contributed by atoms with Crippen LogP contribution in [0.15, 0.2) is 34.9 Å². The van der Waals surface area contributed by atoms with E-state index in [9.17, 15) is 4.79 Å². The number of rotatable bonds is 5. The van der Waals surface area contributed by atoms with Gasteiger partial charge in [-0.05, 0) is 17.9 Å². The van der Waals surface area contributed by atoms with Crippen molar-refractivity contribution in [3.63, 3.8) is 0 Å². The van der Waals surface area contributed by atoms with Crippen LogP contribution in [0.1, 0.15) is 43.5 Å². The molecule has 1 saturated heterocycles. The molecule has 0 bridgehead atoms. The molecule has 6 nitrogen and oxygen atoms in total. The molecule has 0 N–H and O–H groups in total. The summed E-state index contributed by atoms with van der Waals surface area (Å²) in [6.45, 7) is 3.48. The summed E-state index contributed by atoms with van der Waals surface area (Å²) < 4.78 is 11.4. The minimum Gasteiger partial charge on any atom is -0.368 e. The number of likely N-dealkylation sites (tertiary alicyclic amines) is 1. The molecular weight excluding hydrogens is 330 g/mol. The molecule has 2 atom stereocenters. The van der Waals surface area contributed by atoms with Gasteiger partial charge in [-0.25, -0.2) is 0 Å². The fraction of sp³-hybridized carbons (Fsp3) is 0.550. The number of aromatic nitrogens is 2. The molecular formula is C20H25N3O3. The van der Waals surface area contributed by atoms with Crippen LogP contribution in [0.3, 0.4) is 0 Å². The lowest BCUT2D eigenvalue weighted by atomic mass is 9.90. The fourth-order valence-corrected chi connectivity index (χ4v) is 3.78. The maximum absolute atomic E-state index is 12.4. The number of carbonyl (C=O) groups excluding carboxylic acids is 1. The Morgan fingerprint density at radius 2 is 2.00 bits per heavy atom. The van der Waals surface area contributed by atoms with Gasteiger partial charge >= 0.3 is 0 Å². The second-order valence-electron chi connectivity index (χ2n) is 7.52. The Labute approximate surface area is 153 Å². The maximum atomic E-state index is 12.4. The number of hydrogen-bond donors (Lipinski definition) is 0. The Hall–Kier alpha value is -2.21. The number of methoxy groups -OCH3 is 1. The van der Waals surface area contributed by atoms with Crippen molar-refractivity contribution in [1.82, 2.24) is 15.0 Å². The summed E-state index contributed by atoms with van der Waals surface area (Å²) in [4.78, 5) is 19.0. The lowest BCUT2D eigenvalue weighted by molar-refractivity contribution is -0.140. The third-order valence-electron chi connectivity index (χ3n) is 5.76. The van der Waals surface area contributed by atoms with Crippen molar-refractivity contribution in [2.75, 3.05) is 20.2 Å². The first kappa shape index (κ1) is 17.2. The van der Waals surface area contributed by atoms with E-state index in [4.69, 9.17) is 9.26 Å². The van der Waals surface area contributed by atoms with Gasteiger partial charge in [-0.1, -0.05) is 42.4 Å². The van der Waals surface area contributed by atoms with Gasteiger partial charge in [-0.15, -0.1) is 0 Å². The summed E-state index contributed by atoms with van der Waals surface area (Å²) in [6, 6.07) is 10.1. The molecule has 2 heterocycles. The molecule has 2 aromatic rings. The Morgan fingerprint density at radius 1 is 1.31 bits per heavy atom. The molecule has 1 aliphatic carbocycles. The number of piperidine rings is 1. The number of benzene rings is 1. The first-order chi connectivity index (χ1) is 12.6. The molecule has 1 aliphatic heterocycles. The summed E-state index contributed by atoms with van der Waals surface area (Å²) >= 11 is 0. The molecule has 0 radical (unpaired) electrons. The van der Waals surface area contributed by atoms with Gasteiger partial charge in [0.15, 0.2) is 5.82 Å². The quantitative estimate of drug-likeness (QED) is 0.825. The number of amides is 1. The van der Waals surface area contributed by atoms with Crippen LogP contribution in [0.4, 0.5) is 0 Å². The molecule has 2 fully saturated rings. The van der Waals surface area contributed by atoms with Crippen LogP contribution in [0, 0.1) is 11.8 Å². The van der Waals surface area contributed by atoms with E-state index in [1.54, 1.807) is 7.11 Å². The van der Waals surface area contributed by atoms with E-state index in [1.165, 1.54) is 0 Å². The third kappa shape index (κ3) is 3.26. The Balaban J connectivity index is 1.43. The average Bonchev–Trinajstić information content (AvgIpc) is 3.22. The monoisotopic (exact) mass is 355 g/mol. The van der Waals surface area contributed by atoms with Crippen molar-refractivity contribution < 1.29 is 14.1 Å². The lowest BCUT2D eigenvalue weighted by Gasteiger charge is -2.38. The van der Waals surface area contributed by atoms with E-state index in [0.717, 1.165) is 12.0 Å². The summed E-state index contributed by atoms with van der Waals surface area (Å²) in [5.41, 5.74) is 0.554. The van der Waals surface area contributed by atoms with E-state index >= 15 is 0 Å². The van der Waals surface area contributed by atoms with Crippen molar-refractivity contribution in [2.24, 2.45) is 11.8 Å². The Bertz CT molecular complexity index is 766. The molecule has 26 heavy (non-hydrogen) atoms. The van der Waals surface area contributed by atoms with E-state index in [-0.39, 0.29) is 11.8 Å². The van der Waals surface area contributed by atoms with Crippen LogP contribution >= 0.6 is 0 Å². The first-order valence-corrected chi connectivity index (χ1v) is 9.32. The smallest absolute Gasteiger partial charge is 0.259 e. The maximum Gasteiger partial charge on any atom is 0.259 e. The number of ether oxygens (including phenoxy) is 1. The highest BCUT2D eigenvalue weighted by molar-refractivity contribution is 5.81. The van der Waals surface area contributed by atoms with Crippen LogP contribution in [-0.4, -0.2) is 41.1 Å². The van der Waals surface area contributed by atoms with E-state index in [1.807, 2.05) is 35.2 Å².